The van der Waals surface area contributed by atoms with E-state index in [9.17, 15) is 0 Å². The molecule has 6 rings (SSSR count). The van der Waals surface area contributed by atoms with Crippen LogP contribution in [0.5, 0.6) is 0 Å². The summed E-state index contributed by atoms with van der Waals surface area (Å²) in [5, 5.41) is 8.17. The van der Waals surface area contributed by atoms with Crippen LogP contribution in [0.3, 0.4) is 0 Å². The molecule has 2 aliphatic rings. The van der Waals surface area contributed by atoms with E-state index in [1.807, 2.05) is 39.8 Å². The van der Waals surface area contributed by atoms with E-state index in [1.54, 1.807) is 0 Å². The summed E-state index contributed by atoms with van der Waals surface area (Å²) < 4.78 is 9.38. The third-order valence-electron chi connectivity index (χ3n) is 6.12. The third-order valence-corrected chi connectivity index (χ3v) is 6.12. The summed E-state index contributed by atoms with van der Waals surface area (Å²) in [4.78, 5) is 11.4. The Kier molecular flexibility index (Phi) is 3.98. The molecule has 1 saturated heterocycles. The Labute approximate surface area is 168 Å². The van der Waals surface area contributed by atoms with E-state index in [2.05, 4.69) is 43.6 Å². The largest absolute Gasteiger partial charge is 0.379 e. The molecule has 0 aromatic carbocycles. The number of imidazole rings is 1. The van der Waals surface area contributed by atoms with Crippen LogP contribution in [0.25, 0.3) is 22.3 Å². The maximum absolute atomic E-state index is 5.45. The van der Waals surface area contributed by atoms with Crippen molar-refractivity contribution < 1.29 is 4.74 Å². The highest BCUT2D eigenvalue weighted by atomic mass is 16.5. The van der Waals surface area contributed by atoms with Crippen LogP contribution in [0.4, 0.5) is 5.95 Å². The van der Waals surface area contributed by atoms with Crippen LogP contribution in [0.2, 0.25) is 0 Å². The molecule has 8 heteroatoms. The minimum Gasteiger partial charge on any atom is -0.379 e. The van der Waals surface area contributed by atoms with E-state index in [0.717, 1.165) is 61.4 Å². The second-order valence-corrected chi connectivity index (χ2v) is 7.87. The van der Waals surface area contributed by atoms with Gasteiger partial charge in [0.1, 0.15) is 5.65 Å². The fourth-order valence-electron chi connectivity index (χ4n) is 4.42. The molecule has 2 fully saturated rings. The van der Waals surface area contributed by atoms with Gasteiger partial charge >= 0.3 is 0 Å². The molecule has 148 valence electrons. The van der Waals surface area contributed by atoms with Crippen LogP contribution in [0.15, 0.2) is 49.2 Å². The van der Waals surface area contributed by atoms with E-state index >= 15 is 0 Å². The van der Waals surface area contributed by atoms with Gasteiger partial charge in [0.15, 0.2) is 0 Å². The molecule has 0 spiro atoms. The summed E-state index contributed by atoms with van der Waals surface area (Å²) in [6.45, 7) is 3.82. The van der Waals surface area contributed by atoms with Crippen molar-refractivity contribution in [3.63, 3.8) is 0 Å². The Morgan fingerprint density at radius 3 is 2.83 bits per heavy atom. The number of hydrogen-bond acceptors (Lipinski definition) is 6. The van der Waals surface area contributed by atoms with Crippen molar-refractivity contribution >= 4 is 17.1 Å². The van der Waals surface area contributed by atoms with Gasteiger partial charge in [-0.2, -0.15) is 0 Å². The SMILES string of the molecule is c1cn2cc(-c3ccn4nc(N[C@H]5C[C@H](N6CCOCC6)C5)ncc34)ccc2n1. The number of hydrogen-bond donors (Lipinski definition) is 1. The van der Waals surface area contributed by atoms with Crippen molar-refractivity contribution in [2.24, 2.45) is 0 Å². The highest BCUT2D eigenvalue weighted by Crippen LogP contribution is 2.29. The maximum atomic E-state index is 5.45. The van der Waals surface area contributed by atoms with E-state index in [4.69, 9.17) is 4.74 Å². The first-order valence-electron chi connectivity index (χ1n) is 10.2. The van der Waals surface area contributed by atoms with E-state index in [-0.39, 0.29) is 0 Å². The van der Waals surface area contributed by atoms with Crippen molar-refractivity contribution in [1.82, 2.24) is 28.9 Å². The molecule has 0 bridgehead atoms. The minimum absolute atomic E-state index is 0.443. The summed E-state index contributed by atoms with van der Waals surface area (Å²) >= 11 is 0. The average Bonchev–Trinajstić information content (AvgIpc) is 3.36. The first-order chi connectivity index (χ1) is 14.3. The third kappa shape index (κ3) is 3.04. The first-order valence-corrected chi connectivity index (χ1v) is 10.2. The van der Waals surface area contributed by atoms with Crippen LogP contribution in [0, 0.1) is 0 Å². The van der Waals surface area contributed by atoms with Gasteiger partial charge in [-0.25, -0.2) is 14.5 Å². The predicted octanol–water partition coefficient (Wildman–Crippen LogP) is 2.32. The van der Waals surface area contributed by atoms with Crippen molar-refractivity contribution in [2.45, 2.75) is 24.9 Å². The van der Waals surface area contributed by atoms with Crippen LogP contribution in [-0.2, 0) is 4.74 Å². The van der Waals surface area contributed by atoms with E-state index < -0.39 is 0 Å². The standard InChI is InChI=1S/C21H23N7O/c1-2-20-22-4-6-27(20)14-15(1)18-3-5-28-19(18)13-23-21(25-28)24-16-11-17(12-16)26-7-9-29-10-8-26/h1-6,13-14,16-17H,7-12H2,(H,24,25)/t16-,17-. The maximum Gasteiger partial charge on any atom is 0.241 e. The van der Waals surface area contributed by atoms with Crippen molar-refractivity contribution in [1.29, 1.82) is 0 Å². The lowest BCUT2D eigenvalue weighted by Crippen LogP contribution is -2.53. The molecule has 8 nitrogen and oxygen atoms in total. The van der Waals surface area contributed by atoms with Gasteiger partial charge in [-0.3, -0.25) is 4.90 Å². The normalized spacial score (nSPS) is 22.8. The molecule has 5 heterocycles. The molecule has 4 aromatic rings. The monoisotopic (exact) mass is 389 g/mol. The van der Waals surface area contributed by atoms with Gasteiger partial charge in [-0.05, 0) is 31.0 Å². The summed E-state index contributed by atoms with van der Waals surface area (Å²) in [5.74, 6) is 0.690. The topological polar surface area (TPSA) is 72.0 Å². The molecule has 1 aliphatic heterocycles. The highest BCUT2D eigenvalue weighted by molar-refractivity contribution is 5.80. The molecule has 0 amide bonds. The Balaban J connectivity index is 1.18. The predicted molar refractivity (Wildman–Crippen MR) is 110 cm³/mol. The molecule has 4 aromatic heterocycles. The summed E-state index contributed by atoms with van der Waals surface area (Å²) in [6.07, 6.45) is 12.0. The lowest BCUT2D eigenvalue weighted by atomic mass is 9.85. The molecular formula is C21H23N7O. The van der Waals surface area contributed by atoms with Gasteiger partial charge in [0, 0.05) is 61.1 Å². The van der Waals surface area contributed by atoms with Gasteiger partial charge in [0.05, 0.1) is 24.9 Å². The van der Waals surface area contributed by atoms with Crippen LogP contribution < -0.4 is 5.32 Å². The van der Waals surface area contributed by atoms with E-state index in [1.165, 1.54) is 0 Å². The first kappa shape index (κ1) is 16.9. The quantitative estimate of drug-likeness (QED) is 0.578. The van der Waals surface area contributed by atoms with Gasteiger partial charge < -0.3 is 14.5 Å². The lowest BCUT2D eigenvalue weighted by molar-refractivity contribution is -0.00443. The average molecular weight is 389 g/mol. The molecule has 0 radical (unpaired) electrons. The number of aromatic nitrogens is 5. The van der Waals surface area contributed by atoms with Gasteiger partial charge in [0.25, 0.3) is 0 Å². The molecule has 1 N–H and O–H groups in total. The second kappa shape index (κ2) is 6.82. The minimum atomic E-state index is 0.443. The van der Waals surface area contributed by atoms with Crippen LogP contribution >= 0.6 is 0 Å². The molecule has 29 heavy (non-hydrogen) atoms. The molecule has 1 saturated carbocycles. The van der Waals surface area contributed by atoms with Crippen molar-refractivity contribution in [3.05, 3.63) is 49.2 Å². The van der Waals surface area contributed by atoms with Crippen LogP contribution in [0.1, 0.15) is 12.8 Å². The zero-order valence-corrected chi connectivity index (χ0v) is 16.1. The highest BCUT2D eigenvalue weighted by Gasteiger charge is 2.34. The molecule has 1 aliphatic carbocycles. The fourth-order valence-corrected chi connectivity index (χ4v) is 4.42. The Hall–Kier alpha value is -2.97. The summed E-state index contributed by atoms with van der Waals surface area (Å²) in [6, 6.07) is 7.31. The Bertz CT molecular complexity index is 1150. The smallest absolute Gasteiger partial charge is 0.241 e. The number of rotatable bonds is 4. The zero-order chi connectivity index (χ0) is 19.2. The van der Waals surface area contributed by atoms with Gasteiger partial charge in [-0.15, -0.1) is 5.10 Å². The number of morpholine rings is 1. The van der Waals surface area contributed by atoms with Crippen molar-refractivity contribution in [2.75, 3.05) is 31.6 Å². The number of fused-ring (bicyclic) bond motifs is 2. The van der Waals surface area contributed by atoms with Crippen molar-refractivity contribution in [3.8, 4) is 11.1 Å². The summed E-state index contributed by atoms with van der Waals surface area (Å²) in [5.41, 5.74) is 4.17. The second-order valence-electron chi connectivity index (χ2n) is 7.87. The van der Waals surface area contributed by atoms with Gasteiger partial charge in [-0.1, -0.05) is 0 Å². The number of nitrogens with zero attached hydrogens (tertiary/aromatic N) is 6. The number of pyridine rings is 1. The molecule has 0 unspecified atom stereocenters. The number of anilines is 1. The van der Waals surface area contributed by atoms with E-state index in [0.29, 0.717) is 18.0 Å². The van der Waals surface area contributed by atoms with Gasteiger partial charge in [0.2, 0.25) is 5.95 Å². The zero-order valence-electron chi connectivity index (χ0n) is 16.1. The summed E-state index contributed by atoms with van der Waals surface area (Å²) in [7, 11) is 0. The molecule has 0 atom stereocenters. The molecular weight excluding hydrogens is 366 g/mol. The Morgan fingerprint density at radius 2 is 1.93 bits per heavy atom. The number of ether oxygens (including phenoxy) is 1. The van der Waals surface area contributed by atoms with Crippen LogP contribution in [-0.4, -0.2) is 67.3 Å². The number of nitrogens with one attached hydrogen (secondary N) is 1. The lowest BCUT2D eigenvalue weighted by Gasteiger charge is -2.44. The fraction of sp³-hybridized carbons (Fsp3) is 0.381. The Morgan fingerprint density at radius 1 is 1.03 bits per heavy atom.